The van der Waals surface area contributed by atoms with Crippen LogP contribution in [0, 0.1) is 0 Å². The molecule has 17 heavy (non-hydrogen) atoms. The molecule has 0 aliphatic carbocycles. The molecule has 0 aliphatic heterocycles. The lowest BCUT2D eigenvalue weighted by molar-refractivity contribution is -0.138. The molecule has 0 bridgehead atoms. The van der Waals surface area contributed by atoms with Gasteiger partial charge in [0.1, 0.15) is 0 Å². The van der Waals surface area contributed by atoms with E-state index in [2.05, 4.69) is 9.98 Å². The fourth-order valence-corrected chi connectivity index (χ4v) is 1.12. The summed E-state index contributed by atoms with van der Waals surface area (Å²) in [4.78, 5) is 7.38. The van der Waals surface area contributed by atoms with Crippen molar-refractivity contribution in [3.8, 4) is 0 Å². The molecule has 0 saturated carbocycles. The van der Waals surface area contributed by atoms with E-state index in [1.807, 2.05) is 0 Å². The van der Waals surface area contributed by atoms with E-state index in [9.17, 15) is 13.2 Å². The smallest absolute Gasteiger partial charge is 0.403 e. The maximum Gasteiger partial charge on any atom is 0.416 e. The van der Waals surface area contributed by atoms with E-state index in [-0.39, 0.29) is 17.8 Å². The highest BCUT2D eigenvalue weighted by molar-refractivity contribution is 5.76. The Morgan fingerprint density at radius 3 is 2.76 bits per heavy atom. The quantitative estimate of drug-likeness (QED) is 0.789. The summed E-state index contributed by atoms with van der Waals surface area (Å²) < 4.78 is 37.7. The van der Waals surface area contributed by atoms with Crippen molar-refractivity contribution in [2.75, 3.05) is 0 Å². The summed E-state index contributed by atoms with van der Waals surface area (Å²) in [5, 5.41) is 0. The van der Waals surface area contributed by atoms with Crippen LogP contribution in [0.3, 0.4) is 0 Å². The highest BCUT2D eigenvalue weighted by atomic mass is 19.4. The molecule has 0 saturated heterocycles. The Hall–Kier alpha value is -2.05. The fourth-order valence-electron chi connectivity index (χ4n) is 1.12. The van der Waals surface area contributed by atoms with Crippen LogP contribution >= 0.6 is 0 Å². The number of hydrogen-bond acceptors (Lipinski definition) is 4. The molecule has 1 rings (SSSR count). The number of rotatable bonds is 3. The molecule has 0 fully saturated rings. The maximum atomic E-state index is 12.6. The minimum atomic E-state index is -4.41. The number of halogens is 3. The molecule has 1 aromatic rings. The van der Waals surface area contributed by atoms with Gasteiger partial charge in [-0.25, -0.2) is 0 Å². The predicted octanol–water partition coefficient (Wildman–Crippen LogP) is 1.43. The minimum Gasteiger partial charge on any atom is -0.403 e. The molecular formula is C10H11F3N4. The molecule has 0 atom stereocenters. The summed E-state index contributed by atoms with van der Waals surface area (Å²) in [6.45, 7) is -0.156. The Labute approximate surface area is 95.9 Å². The number of aliphatic imine (C=N–C) groups is 1. The Kier molecular flexibility index (Phi) is 4.08. The van der Waals surface area contributed by atoms with E-state index in [1.165, 1.54) is 6.21 Å². The van der Waals surface area contributed by atoms with E-state index in [1.54, 1.807) is 0 Å². The first-order chi connectivity index (χ1) is 7.95. The molecular weight excluding hydrogens is 233 g/mol. The lowest BCUT2D eigenvalue weighted by Crippen LogP contribution is -2.09. The summed E-state index contributed by atoms with van der Waals surface area (Å²) in [5.41, 5.74) is 9.81. The van der Waals surface area contributed by atoms with Gasteiger partial charge in [-0.15, -0.1) is 0 Å². The van der Waals surface area contributed by atoms with E-state index in [4.69, 9.17) is 11.5 Å². The van der Waals surface area contributed by atoms with Crippen LogP contribution in [0.5, 0.6) is 0 Å². The fraction of sp³-hybridized carbons (Fsp3) is 0.200. The largest absolute Gasteiger partial charge is 0.416 e. The third-order valence-electron chi connectivity index (χ3n) is 1.90. The number of pyridine rings is 1. The number of nitrogens with zero attached hydrogens (tertiary/aromatic N) is 2. The van der Waals surface area contributed by atoms with Crippen molar-refractivity contribution < 1.29 is 13.2 Å². The van der Waals surface area contributed by atoms with Crippen LogP contribution in [0.4, 0.5) is 13.2 Å². The van der Waals surface area contributed by atoms with Crippen molar-refractivity contribution in [3.05, 3.63) is 41.5 Å². The van der Waals surface area contributed by atoms with E-state index < -0.39 is 11.7 Å². The van der Waals surface area contributed by atoms with Gasteiger partial charge < -0.3 is 11.5 Å². The van der Waals surface area contributed by atoms with Crippen LogP contribution in [0.25, 0.3) is 0 Å². The Bertz CT molecular complexity index is 437. The molecule has 4 N–H and O–H groups in total. The lowest BCUT2D eigenvalue weighted by atomic mass is 10.1. The van der Waals surface area contributed by atoms with Crippen LogP contribution < -0.4 is 11.5 Å². The molecule has 0 amide bonds. The normalized spacial score (nSPS) is 13.2. The second-order valence-corrected chi connectivity index (χ2v) is 3.17. The van der Waals surface area contributed by atoms with Crippen molar-refractivity contribution in [2.45, 2.75) is 12.7 Å². The third kappa shape index (κ3) is 3.78. The van der Waals surface area contributed by atoms with Gasteiger partial charge >= 0.3 is 6.18 Å². The van der Waals surface area contributed by atoms with Crippen LogP contribution in [0.15, 0.2) is 35.3 Å². The third-order valence-corrected chi connectivity index (χ3v) is 1.90. The van der Waals surface area contributed by atoms with Gasteiger partial charge in [0.05, 0.1) is 17.8 Å². The highest BCUT2D eigenvalue weighted by Gasteiger charge is 2.32. The molecule has 0 spiro atoms. The summed E-state index contributed by atoms with van der Waals surface area (Å²) in [7, 11) is 0. The molecule has 1 heterocycles. The van der Waals surface area contributed by atoms with Gasteiger partial charge in [0, 0.05) is 30.4 Å². The van der Waals surface area contributed by atoms with Gasteiger partial charge in [0.15, 0.2) is 0 Å². The zero-order valence-corrected chi connectivity index (χ0v) is 8.78. The molecule has 0 unspecified atom stereocenters. The number of allylic oxidation sites excluding steroid dienone is 1. The molecule has 0 aromatic carbocycles. The standard InChI is InChI=1S/C10H11F3N4/c11-10(12,13)9-1-2-16-4-7(9)5-17-6-8(15)3-14/h1-4,6H,5,14-15H2/b8-3+,17-6?. The van der Waals surface area contributed by atoms with Crippen LogP contribution in [0.2, 0.25) is 0 Å². The summed E-state index contributed by atoms with van der Waals surface area (Å²) in [5.74, 6) is 0. The van der Waals surface area contributed by atoms with Gasteiger partial charge in [-0.05, 0) is 6.07 Å². The van der Waals surface area contributed by atoms with Gasteiger partial charge in [0.25, 0.3) is 0 Å². The Morgan fingerprint density at radius 1 is 1.47 bits per heavy atom. The van der Waals surface area contributed by atoms with Crippen molar-refractivity contribution in [2.24, 2.45) is 16.5 Å². The molecule has 0 radical (unpaired) electrons. The monoisotopic (exact) mass is 244 g/mol. The second kappa shape index (κ2) is 5.33. The Morgan fingerprint density at radius 2 is 2.18 bits per heavy atom. The first-order valence-corrected chi connectivity index (χ1v) is 4.62. The summed E-state index contributed by atoms with van der Waals surface area (Å²) in [6.07, 6.45) is 0.111. The number of aromatic nitrogens is 1. The maximum absolute atomic E-state index is 12.6. The number of hydrogen-bond donors (Lipinski definition) is 2. The Balaban J connectivity index is 2.89. The first kappa shape index (κ1) is 13.0. The van der Waals surface area contributed by atoms with Crippen molar-refractivity contribution in [1.29, 1.82) is 0 Å². The number of nitrogens with two attached hydrogens (primary N) is 2. The van der Waals surface area contributed by atoms with E-state index in [0.717, 1.165) is 24.7 Å². The zero-order chi connectivity index (χ0) is 12.9. The van der Waals surface area contributed by atoms with Gasteiger partial charge in [0.2, 0.25) is 0 Å². The van der Waals surface area contributed by atoms with Gasteiger partial charge in [-0.2, -0.15) is 13.2 Å². The van der Waals surface area contributed by atoms with Crippen LogP contribution in [-0.2, 0) is 12.7 Å². The number of alkyl halides is 3. The second-order valence-electron chi connectivity index (χ2n) is 3.17. The van der Waals surface area contributed by atoms with E-state index in [0.29, 0.717) is 0 Å². The SMILES string of the molecule is N/C=C(/N)C=NCc1cnccc1C(F)(F)F. The average molecular weight is 244 g/mol. The summed E-state index contributed by atoms with van der Waals surface area (Å²) in [6, 6.07) is 0.910. The highest BCUT2D eigenvalue weighted by Crippen LogP contribution is 2.31. The molecule has 4 nitrogen and oxygen atoms in total. The van der Waals surface area contributed by atoms with Crippen molar-refractivity contribution in [3.63, 3.8) is 0 Å². The van der Waals surface area contributed by atoms with Crippen molar-refractivity contribution in [1.82, 2.24) is 4.98 Å². The average Bonchev–Trinajstić information content (AvgIpc) is 2.28. The van der Waals surface area contributed by atoms with Crippen LogP contribution in [0.1, 0.15) is 11.1 Å². The topological polar surface area (TPSA) is 77.3 Å². The minimum absolute atomic E-state index is 0.0129. The van der Waals surface area contributed by atoms with Crippen LogP contribution in [-0.4, -0.2) is 11.2 Å². The molecule has 1 aromatic heterocycles. The van der Waals surface area contributed by atoms with Gasteiger partial charge in [-0.1, -0.05) is 0 Å². The molecule has 7 heteroatoms. The lowest BCUT2D eigenvalue weighted by Gasteiger charge is -2.10. The molecule has 92 valence electrons. The van der Waals surface area contributed by atoms with Gasteiger partial charge in [-0.3, -0.25) is 9.98 Å². The predicted molar refractivity (Wildman–Crippen MR) is 57.9 cm³/mol. The first-order valence-electron chi connectivity index (χ1n) is 4.62. The zero-order valence-electron chi connectivity index (χ0n) is 8.78. The molecule has 0 aliphatic rings. The van der Waals surface area contributed by atoms with Crippen molar-refractivity contribution >= 4 is 6.21 Å². The van der Waals surface area contributed by atoms with E-state index >= 15 is 0 Å². The summed E-state index contributed by atoms with van der Waals surface area (Å²) >= 11 is 0.